The largest absolute Gasteiger partial charge is 0.334 e. The third-order valence-electron chi connectivity index (χ3n) is 4.20. The fraction of sp³-hybridized carbons (Fsp3) is 0.263. The van der Waals surface area contributed by atoms with Crippen molar-refractivity contribution in [2.45, 2.75) is 31.8 Å². The van der Waals surface area contributed by atoms with E-state index >= 15 is 0 Å². The van der Waals surface area contributed by atoms with Crippen molar-refractivity contribution in [2.75, 3.05) is 0 Å². The Morgan fingerprint density at radius 3 is 2.76 bits per heavy atom. The fourth-order valence-corrected chi connectivity index (χ4v) is 4.62. The van der Waals surface area contributed by atoms with Crippen LogP contribution in [0, 0.1) is 0 Å². The third-order valence-corrected chi connectivity index (χ3v) is 6.32. The molecule has 1 aliphatic carbocycles. The summed E-state index contributed by atoms with van der Waals surface area (Å²) in [5.74, 6) is 0.159. The highest BCUT2D eigenvalue weighted by Gasteiger charge is 2.32. The van der Waals surface area contributed by atoms with Crippen molar-refractivity contribution in [1.82, 2.24) is 9.88 Å². The molecule has 3 aromatic rings. The second-order valence-corrected chi connectivity index (χ2v) is 8.43. The van der Waals surface area contributed by atoms with Crippen LogP contribution in [0.5, 0.6) is 0 Å². The Morgan fingerprint density at radius 2 is 2.04 bits per heavy atom. The van der Waals surface area contributed by atoms with E-state index in [4.69, 9.17) is 11.6 Å². The van der Waals surface area contributed by atoms with Gasteiger partial charge in [0.05, 0.1) is 23.7 Å². The lowest BCUT2D eigenvalue weighted by molar-refractivity contribution is -0.131. The maximum absolute atomic E-state index is 12.8. The molecule has 25 heavy (non-hydrogen) atoms. The highest BCUT2D eigenvalue weighted by atomic mass is 35.5. The number of aromatic nitrogens is 1. The fourth-order valence-electron chi connectivity index (χ4n) is 2.78. The van der Waals surface area contributed by atoms with Crippen LogP contribution in [0.4, 0.5) is 0 Å². The number of nitrogens with zero attached hydrogens (tertiary/aromatic N) is 2. The quantitative estimate of drug-likeness (QED) is 0.577. The van der Waals surface area contributed by atoms with Gasteiger partial charge < -0.3 is 4.90 Å². The molecule has 1 amide bonds. The second-order valence-electron chi connectivity index (χ2n) is 6.13. The van der Waals surface area contributed by atoms with Gasteiger partial charge in [0.15, 0.2) is 0 Å². The maximum atomic E-state index is 12.8. The lowest BCUT2D eigenvalue weighted by atomic mass is 10.2. The van der Waals surface area contributed by atoms with E-state index in [9.17, 15) is 4.79 Å². The molecule has 0 N–H and O–H groups in total. The van der Waals surface area contributed by atoms with Crippen molar-refractivity contribution in [1.29, 1.82) is 0 Å². The van der Waals surface area contributed by atoms with E-state index < -0.39 is 0 Å². The number of thiazole rings is 1. The predicted molar refractivity (Wildman–Crippen MR) is 104 cm³/mol. The zero-order valence-corrected chi connectivity index (χ0v) is 15.9. The van der Waals surface area contributed by atoms with Crippen LogP contribution in [-0.2, 0) is 17.8 Å². The Hall–Kier alpha value is -1.69. The van der Waals surface area contributed by atoms with Crippen LogP contribution in [0.15, 0.2) is 47.2 Å². The Balaban J connectivity index is 1.48. The summed E-state index contributed by atoms with van der Waals surface area (Å²) in [5.41, 5.74) is 1.74. The van der Waals surface area contributed by atoms with Crippen LogP contribution in [0.3, 0.4) is 0 Å². The first-order valence-electron chi connectivity index (χ1n) is 8.22. The van der Waals surface area contributed by atoms with E-state index in [-0.39, 0.29) is 5.91 Å². The summed E-state index contributed by atoms with van der Waals surface area (Å²) in [6, 6.07) is 12.2. The van der Waals surface area contributed by atoms with Crippen LogP contribution in [-0.4, -0.2) is 21.8 Å². The summed E-state index contributed by atoms with van der Waals surface area (Å²) in [5, 5.41) is 5.57. The van der Waals surface area contributed by atoms with Crippen LogP contribution < -0.4 is 0 Å². The van der Waals surface area contributed by atoms with Crippen molar-refractivity contribution in [3.63, 3.8) is 0 Å². The second kappa shape index (κ2) is 7.28. The van der Waals surface area contributed by atoms with Crippen LogP contribution in [0.25, 0.3) is 10.6 Å². The smallest absolute Gasteiger partial charge is 0.229 e. The van der Waals surface area contributed by atoms with Gasteiger partial charge in [0.2, 0.25) is 5.91 Å². The summed E-state index contributed by atoms with van der Waals surface area (Å²) in [7, 11) is 0. The van der Waals surface area contributed by atoms with Gasteiger partial charge in [-0.05, 0) is 30.4 Å². The Morgan fingerprint density at radius 1 is 1.20 bits per heavy atom. The first-order chi connectivity index (χ1) is 12.2. The van der Waals surface area contributed by atoms with E-state index in [1.54, 1.807) is 11.3 Å². The number of amides is 1. The molecular weight excluding hydrogens is 372 g/mol. The van der Waals surface area contributed by atoms with Gasteiger partial charge in [-0.3, -0.25) is 4.79 Å². The first kappa shape index (κ1) is 16.8. The molecule has 3 nitrogen and oxygen atoms in total. The highest BCUT2D eigenvalue weighted by molar-refractivity contribution is 7.13. The van der Waals surface area contributed by atoms with Crippen molar-refractivity contribution in [3.05, 3.63) is 62.8 Å². The van der Waals surface area contributed by atoms with Gasteiger partial charge in [0.25, 0.3) is 0 Å². The number of benzene rings is 1. The van der Waals surface area contributed by atoms with Gasteiger partial charge >= 0.3 is 0 Å². The third kappa shape index (κ3) is 3.94. The van der Waals surface area contributed by atoms with E-state index in [0.717, 1.165) is 29.1 Å². The Labute approximate surface area is 159 Å². The molecule has 4 rings (SSSR count). The summed E-state index contributed by atoms with van der Waals surface area (Å²) in [6.07, 6.45) is 2.57. The molecule has 0 spiro atoms. The minimum atomic E-state index is 0.159. The number of thiophene rings is 1. The van der Waals surface area contributed by atoms with Crippen LogP contribution in [0.2, 0.25) is 5.02 Å². The van der Waals surface area contributed by atoms with Gasteiger partial charge in [-0.15, -0.1) is 22.7 Å². The standard InChI is InChI=1S/C19H17ClN2OS2/c20-17-6-2-1-5-16(17)19-21-13(12-25-19)10-18(23)22(14-7-8-14)11-15-4-3-9-24-15/h1-6,9,12,14H,7-8,10-11H2. The van der Waals surface area contributed by atoms with Crippen LogP contribution >= 0.6 is 34.3 Å². The zero-order valence-electron chi connectivity index (χ0n) is 13.5. The molecule has 0 unspecified atom stereocenters. The molecule has 0 atom stereocenters. The zero-order chi connectivity index (χ0) is 17.2. The Kier molecular flexibility index (Phi) is 4.88. The van der Waals surface area contributed by atoms with Crippen molar-refractivity contribution >= 4 is 40.2 Å². The molecule has 0 bridgehead atoms. The monoisotopic (exact) mass is 388 g/mol. The normalized spacial score (nSPS) is 13.8. The minimum Gasteiger partial charge on any atom is -0.334 e. The van der Waals surface area contributed by atoms with E-state index in [1.165, 1.54) is 16.2 Å². The summed E-state index contributed by atoms with van der Waals surface area (Å²) < 4.78 is 0. The summed E-state index contributed by atoms with van der Waals surface area (Å²) >= 11 is 9.48. The number of hydrogen-bond acceptors (Lipinski definition) is 4. The van der Waals surface area contributed by atoms with E-state index in [0.29, 0.717) is 24.0 Å². The number of hydrogen-bond donors (Lipinski definition) is 0. The van der Waals surface area contributed by atoms with Gasteiger partial charge in [0.1, 0.15) is 5.01 Å². The van der Waals surface area contributed by atoms with Crippen molar-refractivity contribution in [2.24, 2.45) is 0 Å². The highest BCUT2D eigenvalue weighted by Crippen LogP contribution is 2.32. The molecule has 6 heteroatoms. The average Bonchev–Trinajstić information content (AvgIpc) is 3.12. The molecule has 1 fully saturated rings. The number of carbonyl (C=O) groups excluding carboxylic acids is 1. The molecule has 128 valence electrons. The van der Waals surface area contributed by atoms with Gasteiger partial charge in [-0.1, -0.05) is 35.9 Å². The topological polar surface area (TPSA) is 33.2 Å². The van der Waals surface area contributed by atoms with Gasteiger partial charge in [0, 0.05) is 21.9 Å². The molecule has 2 heterocycles. The van der Waals surface area contributed by atoms with Crippen LogP contribution in [0.1, 0.15) is 23.4 Å². The molecule has 0 radical (unpaired) electrons. The summed E-state index contributed by atoms with van der Waals surface area (Å²) in [4.78, 5) is 20.7. The first-order valence-corrected chi connectivity index (χ1v) is 10.4. The molecular formula is C19H17ClN2OS2. The molecule has 1 aliphatic rings. The lowest BCUT2D eigenvalue weighted by Crippen LogP contribution is -2.33. The molecule has 2 aromatic heterocycles. The average molecular weight is 389 g/mol. The van der Waals surface area contributed by atoms with Gasteiger partial charge in [-0.25, -0.2) is 4.98 Å². The van der Waals surface area contributed by atoms with E-state index in [1.807, 2.05) is 40.6 Å². The van der Waals surface area contributed by atoms with E-state index in [2.05, 4.69) is 16.4 Å². The SMILES string of the molecule is O=C(Cc1csc(-c2ccccc2Cl)n1)N(Cc1cccs1)C1CC1. The molecule has 0 aliphatic heterocycles. The molecule has 0 saturated heterocycles. The number of rotatable bonds is 6. The number of carbonyl (C=O) groups is 1. The minimum absolute atomic E-state index is 0.159. The predicted octanol–water partition coefficient (Wildman–Crippen LogP) is 5.26. The number of halogens is 1. The summed E-state index contributed by atoms with van der Waals surface area (Å²) in [6.45, 7) is 0.711. The molecule has 1 saturated carbocycles. The van der Waals surface area contributed by atoms with Crippen molar-refractivity contribution < 1.29 is 4.79 Å². The molecule has 1 aromatic carbocycles. The lowest BCUT2D eigenvalue weighted by Gasteiger charge is -2.21. The Bertz CT molecular complexity index is 871. The van der Waals surface area contributed by atoms with Crippen molar-refractivity contribution in [3.8, 4) is 10.6 Å². The van der Waals surface area contributed by atoms with Gasteiger partial charge in [-0.2, -0.15) is 0 Å². The maximum Gasteiger partial charge on any atom is 0.229 e.